The number of benzene rings is 2. The van der Waals surface area contributed by atoms with E-state index in [2.05, 4.69) is 0 Å². The van der Waals surface area contributed by atoms with Crippen LogP contribution < -0.4 is 10.5 Å². The van der Waals surface area contributed by atoms with Crippen molar-refractivity contribution >= 4 is 12.0 Å². The van der Waals surface area contributed by atoms with Crippen molar-refractivity contribution in [2.24, 2.45) is 0 Å². The molecule has 86 valence electrons. The van der Waals surface area contributed by atoms with Crippen LogP contribution in [0.25, 0.3) is 0 Å². The first kappa shape index (κ1) is 11.2. The summed E-state index contributed by atoms with van der Waals surface area (Å²) in [5.74, 6) is 0.625. The molecule has 3 nitrogen and oxygen atoms in total. The van der Waals surface area contributed by atoms with Crippen LogP contribution in [0.1, 0.15) is 11.7 Å². The highest BCUT2D eigenvalue weighted by molar-refractivity contribution is 5.60. The number of carbonyl (C=O) groups is 1. The molecule has 0 saturated carbocycles. The molecule has 0 aliphatic carbocycles. The van der Waals surface area contributed by atoms with Crippen LogP contribution in [-0.2, 0) is 4.79 Å². The average molecular weight is 227 g/mol. The van der Waals surface area contributed by atoms with Crippen LogP contribution in [0.15, 0.2) is 54.6 Å². The fraction of sp³-hybridized carbons (Fsp3) is 0.0714. The molecule has 2 N–H and O–H groups in total. The van der Waals surface area contributed by atoms with Gasteiger partial charge in [-0.3, -0.25) is 4.79 Å². The van der Waals surface area contributed by atoms with Crippen molar-refractivity contribution in [2.45, 2.75) is 6.10 Å². The second-order valence-electron chi connectivity index (χ2n) is 3.65. The molecular weight excluding hydrogens is 214 g/mol. The Morgan fingerprint density at radius 3 is 2.24 bits per heavy atom. The third kappa shape index (κ3) is 2.84. The van der Waals surface area contributed by atoms with Crippen molar-refractivity contribution in [1.29, 1.82) is 0 Å². The van der Waals surface area contributed by atoms with Gasteiger partial charge in [-0.1, -0.05) is 30.3 Å². The summed E-state index contributed by atoms with van der Waals surface area (Å²) in [6.45, 7) is 0. The zero-order valence-corrected chi connectivity index (χ0v) is 9.24. The number of nitrogen functional groups attached to an aromatic ring is 1. The summed E-state index contributed by atoms with van der Waals surface area (Å²) in [5.41, 5.74) is 7.08. The van der Waals surface area contributed by atoms with Crippen molar-refractivity contribution < 1.29 is 9.53 Å². The van der Waals surface area contributed by atoms with E-state index in [0.717, 1.165) is 11.8 Å². The molecule has 0 amide bonds. The number of carbonyl (C=O) groups excluding carboxylic acids is 1. The van der Waals surface area contributed by atoms with E-state index in [1.165, 1.54) is 0 Å². The number of hydrogen-bond donors (Lipinski definition) is 1. The van der Waals surface area contributed by atoms with Gasteiger partial charge in [-0.25, -0.2) is 0 Å². The molecule has 0 aliphatic rings. The van der Waals surface area contributed by atoms with E-state index in [-0.39, 0.29) is 0 Å². The molecule has 0 radical (unpaired) electrons. The molecule has 1 unspecified atom stereocenters. The third-order valence-electron chi connectivity index (χ3n) is 2.39. The molecular formula is C14H13NO2. The molecule has 1 atom stereocenters. The standard InChI is InChI=1S/C14H13NO2/c15-12-6-8-13(9-7-12)17-14(10-16)11-4-2-1-3-5-11/h1-10,14H,15H2. The van der Waals surface area contributed by atoms with Gasteiger partial charge in [-0.15, -0.1) is 0 Å². The molecule has 0 aromatic heterocycles. The van der Waals surface area contributed by atoms with E-state index in [1.807, 2.05) is 30.3 Å². The van der Waals surface area contributed by atoms with Crippen LogP contribution >= 0.6 is 0 Å². The third-order valence-corrected chi connectivity index (χ3v) is 2.39. The first-order chi connectivity index (χ1) is 8.29. The van der Waals surface area contributed by atoms with E-state index in [1.54, 1.807) is 24.3 Å². The minimum absolute atomic E-state index is 0.583. The van der Waals surface area contributed by atoms with E-state index in [0.29, 0.717) is 11.4 Å². The molecule has 0 heterocycles. The summed E-state index contributed by atoms with van der Waals surface area (Å²) in [6, 6.07) is 16.3. The predicted molar refractivity (Wildman–Crippen MR) is 66.7 cm³/mol. The molecule has 0 spiro atoms. The van der Waals surface area contributed by atoms with Crippen molar-refractivity contribution in [3.63, 3.8) is 0 Å². The zero-order valence-electron chi connectivity index (χ0n) is 9.24. The fourth-order valence-corrected chi connectivity index (χ4v) is 1.51. The maximum atomic E-state index is 11.0. The number of hydrogen-bond acceptors (Lipinski definition) is 3. The molecule has 2 aromatic carbocycles. The Morgan fingerprint density at radius 2 is 1.65 bits per heavy atom. The van der Waals surface area contributed by atoms with Crippen molar-refractivity contribution in [3.8, 4) is 5.75 Å². The van der Waals surface area contributed by atoms with Gasteiger partial charge in [0.15, 0.2) is 12.4 Å². The molecule has 0 aliphatic heterocycles. The average Bonchev–Trinajstić information content (AvgIpc) is 2.39. The largest absolute Gasteiger partial charge is 0.478 e. The van der Waals surface area contributed by atoms with Gasteiger partial charge in [0, 0.05) is 5.69 Å². The van der Waals surface area contributed by atoms with Crippen LogP contribution in [0.5, 0.6) is 5.75 Å². The maximum Gasteiger partial charge on any atom is 0.179 e. The van der Waals surface area contributed by atoms with E-state index >= 15 is 0 Å². The van der Waals surface area contributed by atoms with Crippen molar-refractivity contribution in [2.75, 3.05) is 5.73 Å². The Balaban J connectivity index is 2.16. The summed E-state index contributed by atoms with van der Waals surface area (Å²) in [6.07, 6.45) is 0.200. The van der Waals surface area contributed by atoms with Gasteiger partial charge >= 0.3 is 0 Å². The highest BCUT2D eigenvalue weighted by atomic mass is 16.5. The second-order valence-corrected chi connectivity index (χ2v) is 3.65. The zero-order chi connectivity index (χ0) is 12.1. The summed E-state index contributed by atoms with van der Waals surface area (Å²) in [4.78, 5) is 11.0. The summed E-state index contributed by atoms with van der Waals surface area (Å²) in [7, 11) is 0. The minimum atomic E-state index is -0.583. The number of rotatable bonds is 4. The highest BCUT2D eigenvalue weighted by Crippen LogP contribution is 2.21. The van der Waals surface area contributed by atoms with Crippen LogP contribution in [0.4, 0.5) is 5.69 Å². The number of aldehydes is 1. The Hall–Kier alpha value is -2.29. The van der Waals surface area contributed by atoms with Gasteiger partial charge in [-0.2, -0.15) is 0 Å². The van der Waals surface area contributed by atoms with Gasteiger partial charge < -0.3 is 10.5 Å². The lowest BCUT2D eigenvalue weighted by atomic mass is 10.1. The molecule has 0 saturated heterocycles. The van der Waals surface area contributed by atoms with Gasteiger partial charge in [-0.05, 0) is 29.8 Å². The highest BCUT2D eigenvalue weighted by Gasteiger charge is 2.11. The van der Waals surface area contributed by atoms with Crippen molar-refractivity contribution in [3.05, 3.63) is 60.2 Å². The number of nitrogens with two attached hydrogens (primary N) is 1. The van der Waals surface area contributed by atoms with Gasteiger partial charge in [0.2, 0.25) is 0 Å². The monoisotopic (exact) mass is 227 g/mol. The van der Waals surface area contributed by atoms with Gasteiger partial charge in [0.05, 0.1) is 0 Å². The van der Waals surface area contributed by atoms with Crippen molar-refractivity contribution in [1.82, 2.24) is 0 Å². The van der Waals surface area contributed by atoms with Crippen LogP contribution in [0.3, 0.4) is 0 Å². The Labute approximate surface area is 99.8 Å². The lowest BCUT2D eigenvalue weighted by Gasteiger charge is -2.13. The van der Waals surface area contributed by atoms with Gasteiger partial charge in [0.1, 0.15) is 5.75 Å². The first-order valence-corrected chi connectivity index (χ1v) is 5.32. The molecule has 2 aromatic rings. The van der Waals surface area contributed by atoms with Crippen LogP contribution in [0.2, 0.25) is 0 Å². The molecule has 0 bridgehead atoms. The minimum Gasteiger partial charge on any atom is -0.478 e. The van der Waals surface area contributed by atoms with Crippen LogP contribution in [-0.4, -0.2) is 6.29 Å². The van der Waals surface area contributed by atoms with E-state index in [9.17, 15) is 4.79 Å². The normalized spacial score (nSPS) is 11.8. The Kier molecular flexibility index (Phi) is 3.40. The summed E-state index contributed by atoms with van der Waals surface area (Å²) in [5, 5.41) is 0. The molecule has 0 fully saturated rings. The van der Waals surface area contributed by atoms with Crippen LogP contribution in [0, 0.1) is 0 Å². The first-order valence-electron chi connectivity index (χ1n) is 5.32. The van der Waals surface area contributed by atoms with E-state index < -0.39 is 6.10 Å². The summed E-state index contributed by atoms with van der Waals surface area (Å²) < 4.78 is 5.58. The molecule has 3 heteroatoms. The lowest BCUT2D eigenvalue weighted by Crippen LogP contribution is -2.08. The quantitative estimate of drug-likeness (QED) is 0.645. The van der Waals surface area contributed by atoms with Gasteiger partial charge in [0.25, 0.3) is 0 Å². The Bertz CT molecular complexity index is 479. The lowest BCUT2D eigenvalue weighted by molar-refractivity contribution is -0.113. The maximum absolute atomic E-state index is 11.0. The molecule has 17 heavy (non-hydrogen) atoms. The molecule has 2 rings (SSSR count). The number of ether oxygens (including phenoxy) is 1. The SMILES string of the molecule is Nc1ccc(OC(C=O)c2ccccc2)cc1. The van der Waals surface area contributed by atoms with E-state index in [4.69, 9.17) is 10.5 Å². The fourth-order valence-electron chi connectivity index (χ4n) is 1.51. The smallest absolute Gasteiger partial charge is 0.179 e. The second kappa shape index (κ2) is 5.16. The topological polar surface area (TPSA) is 52.3 Å². The predicted octanol–water partition coefficient (Wildman–Crippen LogP) is 2.59. The number of anilines is 1. The summed E-state index contributed by atoms with van der Waals surface area (Å²) >= 11 is 0. The Morgan fingerprint density at radius 1 is 1.00 bits per heavy atom.